The third-order valence-electron chi connectivity index (χ3n) is 6.99. The maximum atomic E-state index is 13.0. The third-order valence-corrected chi connectivity index (χ3v) is 6.99. The smallest absolute Gasteiger partial charge is 0.430 e. The van der Waals surface area contributed by atoms with Crippen LogP contribution in [-0.2, 0) is 19.7 Å². The highest BCUT2D eigenvalue weighted by molar-refractivity contribution is 6.07. The highest BCUT2D eigenvalue weighted by Gasteiger charge is 2.64. The van der Waals surface area contributed by atoms with Gasteiger partial charge in [0.25, 0.3) is 0 Å². The van der Waals surface area contributed by atoms with E-state index in [4.69, 9.17) is 14.6 Å². The van der Waals surface area contributed by atoms with Crippen molar-refractivity contribution in [1.29, 1.82) is 0 Å². The number of aliphatic carboxylic acids is 1. The summed E-state index contributed by atoms with van der Waals surface area (Å²) in [5.41, 5.74) is 1.70. The molecule has 158 valence electrons. The molecule has 6 nitrogen and oxygen atoms in total. The Balaban J connectivity index is 0.000000255. The van der Waals surface area contributed by atoms with Gasteiger partial charge in [0.2, 0.25) is 5.91 Å². The second-order valence-corrected chi connectivity index (χ2v) is 8.27. The summed E-state index contributed by atoms with van der Waals surface area (Å²) in [6, 6.07) is 9.45. The van der Waals surface area contributed by atoms with Crippen LogP contribution in [0, 0.1) is 11.8 Å². The van der Waals surface area contributed by atoms with E-state index in [0.29, 0.717) is 17.9 Å². The van der Waals surface area contributed by atoms with Gasteiger partial charge in [0, 0.05) is 23.9 Å². The molecule has 1 amide bonds. The molecule has 6 atom stereocenters. The molecule has 1 aromatic carbocycles. The number of alkyl halides is 3. The Morgan fingerprint density at radius 3 is 2.69 bits per heavy atom. The molecule has 4 fully saturated rings. The minimum Gasteiger partial charge on any atom is -0.542 e. The molecule has 1 saturated carbocycles. The molecule has 3 N–H and O–H groups in total. The summed E-state index contributed by atoms with van der Waals surface area (Å²) < 4.78 is 37.8. The fourth-order valence-electron chi connectivity index (χ4n) is 5.74. The summed E-state index contributed by atoms with van der Waals surface area (Å²) in [7, 11) is 0. The number of hydrogen-bond acceptors (Lipinski definition) is 4. The first-order valence-corrected chi connectivity index (χ1v) is 9.84. The van der Waals surface area contributed by atoms with Gasteiger partial charge < -0.3 is 25.3 Å². The quantitative estimate of drug-likeness (QED) is 0.695. The first-order valence-electron chi connectivity index (χ1n) is 9.84. The number of hydrogen-bond donors (Lipinski definition) is 2. The molecule has 1 aromatic rings. The van der Waals surface area contributed by atoms with Gasteiger partial charge in [-0.15, -0.1) is 0 Å². The van der Waals surface area contributed by atoms with E-state index >= 15 is 0 Å². The van der Waals surface area contributed by atoms with E-state index in [1.165, 1.54) is 12.0 Å². The summed E-state index contributed by atoms with van der Waals surface area (Å²) in [6.07, 6.45) is -1.96. The molecule has 9 heteroatoms. The molecular formula is C20H23F3N2O4. The normalized spacial score (nSPS) is 36.8. The zero-order chi connectivity index (χ0) is 21.0. The molecule has 0 radical (unpaired) electrons. The molecule has 0 aromatic heterocycles. The Kier molecular flexibility index (Phi) is 4.85. The second kappa shape index (κ2) is 6.98. The molecule has 6 rings (SSSR count). The van der Waals surface area contributed by atoms with Crippen molar-refractivity contribution in [3.8, 4) is 0 Å². The van der Waals surface area contributed by atoms with Gasteiger partial charge >= 0.3 is 6.18 Å². The number of quaternary nitrogens is 1. The largest absolute Gasteiger partial charge is 0.542 e. The van der Waals surface area contributed by atoms with Crippen LogP contribution in [0.5, 0.6) is 0 Å². The van der Waals surface area contributed by atoms with E-state index in [1.54, 1.807) is 0 Å². The average molecular weight is 412 g/mol. The molecule has 4 aliphatic heterocycles. The lowest BCUT2D eigenvalue weighted by Gasteiger charge is -2.38. The van der Waals surface area contributed by atoms with Crippen molar-refractivity contribution >= 4 is 17.6 Å². The maximum absolute atomic E-state index is 13.0. The summed E-state index contributed by atoms with van der Waals surface area (Å²) in [4.78, 5) is 21.8. The summed E-state index contributed by atoms with van der Waals surface area (Å²) >= 11 is 0. The minimum absolute atomic E-state index is 0.0464. The number of amides is 1. The molecule has 5 aliphatic rings. The number of ether oxygens (including phenoxy) is 1. The van der Waals surface area contributed by atoms with E-state index in [0.717, 1.165) is 31.2 Å². The molecule has 3 saturated heterocycles. The van der Waals surface area contributed by atoms with Crippen LogP contribution in [0.25, 0.3) is 0 Å². The molecule has 4 heterocycles. The van der Waals surface area contributed by atoms with E-state index in [1.807, 2.05) is 12.1 Å². The van der Waals surface area contributed by atoms with Crippen molar-refractivity contribution in [1.82, 2.24) is 0 Å². The molecule has 1 aliphatic carbocycles. The predicted octanol–water partition coefficient (Wildman–Crippen LogP) is 0.324. The number of carboxylic acid groups (broad SMARTS) is 1. The summed E-state index contributed by atoms with van der Waals surface area (Å²) in [5.74, 6) is -1.50. The van der Waals surface area contributed by atoms with Gasteiger partial charge in [0.05, 0.1) is 24.8 Å². The van der Waals surface area contributed by atoms with Crippen LogP contribution in [0.2, 0.25) is 0 Å². The highest BCUT2D eigenvalue weighted by atomic mass is 19.4. The number of benzene rings is 1. The van der Waals surface area contributed by atoms with Crippen LogP contribution in [0.3, 0.4) is 0 Å². The van der Waals surface area contributed by atoms with Gasteiger partial charge in [-0.1, -0.05) is 25.1 Å². The Hall–Kier alpha value is -2.13. The summed E-state index contributed by atoms with van der Waals surface area (Å²) in [5, 5.41) is 14.5. The van der Waals surface area contributed by atoms with Gasteiger partial charge in [0.15, 0.2) is 0 Å². The maximum Gasteiger partial charge on any atom is 0.430 e. The third kappa shape index (κ3) is 3.11. The van der Waals surface area contributed by atoms with E-state index in [-0.39, 0.29) is 12.0 Å². The second-order valence-electron chi connectivity index (χ2n) is 8.27. The van der Waals surface area contributed by atoms with Gasteiger partial charge in [0.1, 0.15) is 11.4 Å². The van der Waals surface area contributed by atoms with Crippen LogP contribution < -0.4 is 15.7 Å². The van der Waals surface area contributed by atoms with Crippen LogP contribution in [-0.4, -0.2) is 42.8 Å². The van der Waals surface area contributed by atoms with Crippen molar-refractivity contribution in [3.63, 3.8) is 0 Å². The summed E-state index contributed by atoms with van der Waals surface area (Å²) in [6.45, 7) is 3.13. The lowest BCUT2D eigenvalue weighted by Crippen LogP contribution is -2.93. The van der Waals surface area contributed by atoms with E-state index in [2.05, 4.69) is 29.7 Å². The van der Waals surface area contributed by atoms with Gasteiger partial charge in [-0.05, 0) is 24.5 Å². The monoisotopic (exact) mass is 412 g/mol. The number of carbonyl (C=O) groups is 2. The number of halogens is 3. The first kappa shape index (κ1) is 20.2. The number of anilines is 1. The number of carboxylic acids is 1. The molecule has 1 spiro atoms. The van der Waals surface area contributed by atoms with E-state index < -0.39 is 17.6 Å². The number of nitrogens with one attached hydrogen (secondary N) is 1. The van der Waals surface area contributed by atoms with Crippen molar-refractivity contribution in [2.45, 2.75) is 56.0 Å². The van der Waals surface area contributed by atoms with E-state index in [9.17, 15) is 18.0 Å². The molecular weight excluding hydrogens is 389 g/mol. The fourth-order valence-corrected chi connectivity index (χ4v) is 5.74. The lowest BCUT2D eigenvalue weighted by molar-refractivity contribution is -0.708. The van der Waals surface area contributed by atoms with Crippen LogP contribution in [0.1, 0.15) is 31.7 Å². The Bertz CT molecular complexity index is 830. The number of para-hydroxylation sites is 1. The fraction of sp³-hybridized carbons (Fsp3) is 0.600. The first-order chi connectivity index (χ1) is 13.7. The number of rotatable bonds is 1. The number of carbonyl (C=O) groups excluding carboxylic acids is 2. The average Bonchev–Trinajstić information content (AvgIpc) is 3.05. The van der Waals surface area contributed by atoms with Crippen molar-refractivity contribution in [3.05, 3.63) is 29.8 Å². The van der Waals surface area contributed by atoms with Crippen LogP contribution in [0.4, 0.5) is 18.9 Å². The topological polar surface area (TPSA) is 95.1 Å². The van der Waals surface area contributed by atoms with Crippen LogP contribution in [0.15, 0.2) is 24.3 Å². The Morgan fingerprint density at radius 2 is 2.03 bits per heavy atom. The number of fused-ring (bicyclic) bond motifs is 2. The van der Waals surface area contributed by atoms with Crippen molar-refractivity contribution in [2.75, 3.05) is 11.9 Å². The van der Waals surface area contributed by atoms with Gasteiger partial charge in [-0.25, -0.2) is 0 Å². The predicted molar refractivity (Wildman–Crippen MR) is 93.6 cm³/mol. The number of nitrogens with two attached hydrogens (primary N) is 1. The Morgan fingerprint density at radius 1 is 1.34 bits per heavy atom. The molecule has 4 bridgehead atoms. The SMILES string of the molecule is CC[C@@H]1[NH2+][C@@H]2C[C@]3(C(=O)Nc4ccccc43)[C@@H]3C[C@H]1[C@H]2CO3.O=C([O-])C(F)(F)F. The zero-order valence-corrected chi connectivity index (χ0v) is 15.9. The van der Waals surface area contributed by atoms with Crippen LogP contribution >= 0.6 is 0 Å². The Labute approximate surface area is 165 Å². The minimum atomic E-state index is -5.19. The molecule has 0 unspecified atom stereocenters. The molecule has 29 heavy (non-hydrogen) atoms. The standard InChI is InChI=1S/C18H22N2O2.C2HF3O2/c1-2-13-10-7-16-18(8-15(19-13)11(10)9-22-16)12-5-3-4-6-14(12)20-17(18)21;3-2(4,5)1(6)7/h3-6,10-11,13,15-16,19H,2,7-9H2,1H3,(H,20,21);(H,6,7)/t10-,11+,13-,15+,16-,18+;/m0./s1. The van der Waals surface area contributed by atoms with Crippen molar-refractivity contribution < 1.29 is 37.9 Å². The van der Waals surface area contributed by atoms with Gasteiger partial charge in [-0.2, -0.15) is 13.2 Å². The zero-order valence-electron chi connectivity index (χ0n) is 15.9. The van der Waals surface area contributed by atoms with Gasteiger partial charge in [-0.3, -0.25) is 4.79 Å². The lowest BCUT2D eigenvalue weighted by atomic mass is 9.71. The highest BCUT2D eigenvalue weighted by Crippen LogP contribution is 2.53. The van der Waals surface area contributed by atoms with Crippen molar-refractivity contribution in [2.24, 2.45) is 11.8 Å².